The van der Waals surface area contributed by atoms with Gasteiger partial charge in [0.1, 0.15) is 0 Å². The van der Waals surface area contributed by atoms with Gasteiger partial charge >= 0.3 is 0 Å². The van der Waals surface area contributed by atoms with E-state index in [2.05, 4.69) is 16.0 Å². The Bertz CT molecular complexity index is 1370. The van der Waals surface area contributed by atoms with Gasteiger partial charge in [-0.15, -0.1) is 18.2 Å². The molecule has 5 nitrogen and oxygen atoms in total. The van der Waals surface area contributed by atoms with Crippen molar-refractivity contribution in [3.63, 3.8) is 0 Å². The molecule has 3 aromatic heterocycles. The van der Waals surface area contributed by atoms with E-state index in [1.807, 2.05) is 0 Å². The van der Waals surface area contributed by atoms with Gasteiger partial charge in [-0.25, -0.2) is 4.98 Å². The molecule has 0 unspecified atom stereocenters. The van der Waals surface area contributed by atoms with Crippen LogP contribution in [0.3, 0.4) is 0 Å². The van der Waals surface area contributed by atoms with Gasteiger partial charge < -0.3 is 14.5 Å². The van der Waals surface area contributed by atoms with Crippen molar-refractivity contribution in [2.45, 2.75) is 27.6 Å². The second-order valence-electron chi connectivity index (χ2n) is 6.08. The summed E-state index contributed by atoms with van der Waals surface area (Å²) in [6.45, 7) is -1.70. The number of hydrogen-bond acceptors (Lipinski definition) is 5. The Morgan fingerprint density at radius 2 is 2.00 bits per heavy atom. The number of furan rings is 1. The minimum Gasteiger partial charge on any atom is -0.512 e. The molecule has 4 rings (SSSR count). The molecule has 3 heterocycles. The molecule has 0 saturated carbocycles. The molecule has 0 fully saturated rings. The Morgan fingerprint density at radius 1 is 1.17 bits per heavy atom. The fraction of sp³-hybridized carbons (Fsp3) is 0.174. The Balaban J connectivity index is 0.000000476. The molecule has 151 valence electrons. The van der Waals surface area contributed by atoms with Gasteiger partial charge in [0.25, 0.3) is 0 Å². The van der Waals surface area contributed by atoms with E-state index in [0.717, 1.165) is 5.39 Å². The summed E-state index contributed by atoms with van der Waals surface area (Å²) < 4.78 is 50.6. The Labute approximate surface area is 191 Å². The van der Waals surface area contributed by atoms with Crippen molar-refractivity contribution in [2.75, 3.05) is 0 Å². The number of nitrogens with zero attached hydrogens (tertiary/aromatic N) is 2. The smallest absolute Gasteiger partial charge is 0.216 e. The van der Waals surface area contributed by atoms with Crippen LogP contribution in [0.5, 0.6) is 0 Å². The first-order valence-electron chi connectivity index (χ1n) is 11.4. The molecule has 0 saturated heterocycles. The summed E-state index contributed by atoms with van der Waals surface area (Å²) in [6.07, 6.45) is 2.47. The van der Waals surface area contributed by atoms with Crippen LogP contribution in [0, 0.1) is 19.8 Å². The maximum absolute atomic E-state index is 10.0. The molecule has 0 aliphatic heterocycles. The van der Waals surface area contributed by atoms with Crippen molar-refractivity contribution in [2.24, 2.45) is 0 Å². The average molecular weight is 572 g/mol. The molecular formula is C23H21IrN2O3-. The number of aliphatic hydroxyl groups is 1. The molecule has 1 aromatic carbocycles. The molecule has 1 N–H and O–H groups in total. The summed E-state index contributed by atoms with van der Waals surface area (Å²) >= 11 is 0. The van der Waals surface area contributed by atoms with Crippen molar-refractivity contribution in [1.29, 1.82) is 0 Å². The van der Waals surface area contributed by atoms with E-state index in [0.29, 0.717) is 22.2 Å². The van der Waals surface area contributed by atoms with Crippen LogP contribution in [-0.4, -0.2) is 20.9 Å². The van der Waals surface area contributed by atoms with Gasteiger partial charge in [0.2, 0.25) is 5.71 Å². The summed E-state index contributed by atoms with van der Waals surface area (Å²) in [5.74, 6) is -0.0625. The number of fused-ring (bicyclic) bond motifs is 3. The zero-order chi connectivity index (χ0) is 25.3. The van der Waals surface area contributed by atoms with Gasteiger partial charge in [-0.05, 0) is 50.9 Å². The summed E-state index contributed by atoms with van der Waals surface area (Å²) in [4.78, 5) is 18.4. The van der Waals surface area contributed by atoms with Crippen LogP contribution >= 0.6 is 0 Å². The largest absolute Gasteiger partial charge is 0.512 e. The Morgan fingerprint density at radius 3 is 2.59 bits per heavy atom. The molecule has 29 heavy (non-hydrogen) atoms. The molecule has 4 aromatic rings. The summed E-state index contributed by atoms with van der Waals surface area (Å²) in [5.41, 5.74) is 1.85. The summed E-state index contributed by atoms with van der Waals surface area (Å²) in [6, 6.07) is 12.8. The van der Waals surface area contributed by atoms with E-state index in [4.69, 9.17) is 17.7 Å². The maximum Gasteiger partial charge on any atom is 0.216 e. The normalized spacial score (nSPS) is 14.9. The second kappa shape index (κ2) is 9.59. The van der Waals surface area contributed by atoms with Crippen LogP contribution in [0.15, 0.2) is 58.8 Å². The number of aliphatic hydroxyl groups excluding tert-OH is 1. The number of benzene rings is 1. The number of pyridine rings is 2. The first-order valence-corrected chi connectivity index (χ1v) is 8.36. The number of carbonyl (C=O) groups excluding carboxylic acids is 1. The van der Waals surface area contributed by atoms with Gasteiger partial charge in [0.05, 0.1) is 11.3 Å². The molecule has 0 atom stereocenters. The third-order valence-electron chi connectivity index (χ3n) is 3.73. The van der Waals surface area contributed by atoms with Crippen LogP contribution in [0.4, 0.5) is 0 Å². The fourth-order valence-corrected chi connectivity index (χ4v) is 2.65. The number of rotatable bonds is 2. The molecule has 0 aliphatic carbocycles. The van der Waals surface area contributed by atoms with E-state index in [-0.39, 0.29) is 48.6 Å². The number of carbonyl (C=O) groups is 1. The number of ketones is 1. The SMILES string of the molecule is CC(=O)/C=C(/C)O.[2H]C([2H])([2H])c1ccc(-c2[c-]ccc3c2oc2nc(C([2H])([2H])[2H])ccc23)nc1.[Ir]. The van der Waals surface area contributed by atoms with Gasteiger partial charge in [-0.1, -0.05) is 23.1 Å². The van der Waals surface area contributed by atoms with Crippen LogP contribution in [0.1, 0.15) is 33.3 Å². The first kappa shape index (κ1) is 15.1. The number of hydrogen-bond donors (Lipinski definition) is 1. The van der Waals surface area contributed by atoms with E-state index in [1.165, 1.54) is 38.3 Å². The molecule has 6 heteroatoms. The summed E-state index contributed by atoms with van der Waals surface area (Å²) in [7, 11) is 0. The van der Waals surface area contributed by atoms with Crippen molar-refractivity contribution in [1.82, 2.24) is 9.97 Å². The maximum atomic E-state index is 10.0. The predicted molar refractivity (Wildman–Crippen MR) is 110 cm³/mol. The van der Waals surface area contributed by atoms with Crippen LogP contribution in [0.25, 0.3) is 33.3 Å². The van der Waals surface area contributed by atoms with Crippen molar-refractivity contribution in [3.05, 3.63) is 71.8 Å². The minimum atomic E-state index is -2.32. The number of allylic oxidation sites excluding steroid dienone is 2. The second-order valence-corrected chi connectivity index (χ2v) is 6.08. The van der Waals surface area contributed by atoms with Crippen molar-refractivity contribution >= 4 is 27.9 Å². The molecular weight excluding hydrogens is 544 g/mol. The standard InChI is InChI=1S/C18H13N2O.C5H8O2.Ir/c1-11-6-9-16(19-10-11)15-5-3-4-13-14-8-7-12(2)20-18(14)21-17(13)15;1-4(6)3-5(2)7;/h3-4,6-10H,1-2H3;3,6H,1-2H3;/q-1;;/b;4-3-;/i1D3,2D3;;. The van der Waals surface area contributed by atoms with E-state index in [1.54, 1.807) is 24.3 Å². The van der Waals surface area contributed by atoms with Crippen LogP contribution in [-0.2, 0) is 24.9 Å². The van der Waals surface area contributed by atoms with Gasteiger partial charge in [0.15, 0.2) is 5.78 Å². The van der Waals surface area contributed by atoms with Gasteiger partial charge in [-0.3, -0.25) is 4.79 Å². The monoisotopic (exact) mass is 572 g/mol. The van der Waals surface area contributed by atoms with Crippen molar-refractivity contribution in [3.8, 4) is 11.3 Å². The van der Waals surface area contributed by atoms with Crippen LogP contribution in [0.2, 0.25) is 0 Å². The van der Waals surface area contributed by atoms with E-state index in [9.17, 15) is 4.79 Å². The molecule has 0 spiro atoms. The van der Waals surface area contributed by atoms with Crippen LogP contribution < -0.4 is 0 Å². The fourth-order valence-electron chi connectivity index (χ4n) is 2.65. The Hall–Kier alpha value is -2.82. The first-order chi connectivity index (χ1) is 15.8. The third kappa shape index (κ3) is 5.37. The molecule has 0 aliphatic rings. The molecule has 1 radical (unpaired) electrons. The Kier molecular flexibility index (Phi) is 4.99. The van der Waals surface area contributed by atoms with E-state index >= 15 is 0 Å². The average Bonchev–Trinajstić information content (AvgIpc) is 3.10. The van der Waals surface area contributed by atoms with Gasteiger partial charge in [0, 0.05) is 51.7 Å². The molecule has 0 bridgehead atoms. The van der Waals surface area contributed by atoms with E-state index < -0.39 is 13.7 Å². The topological polar surface area (TPSA) is 76.2 Å². The zero-order valence-electron chi connectivity index (χ0n) is 21.6. The zero-order valence-corrected chi connectivity index (χ0v) is 18.0. The number of aryl methyl sites for hydroxylation is 2. The van der Waals surface area contributed by atoms with Crippen molar-refractivity contribution < 1.29 is 42.6 Å². The summed E-state index contributed by atoms with van der Waals surface area (Å²) in [5, 5.41) is 9.81. The quantitative estimate of drug-likeness (QED) is 0.196. The number of aromatic nitrogens is 2. The minimum absolute atomic E-state index is 0. The molecule has 0 amide bonds. The predicted octanol–water partition coefficient (Wildman–Crippen LogP) is 5.49. The van der Waals surface area contributed by atoms with Gasteiger partial charge in [-0.2, -0.15) is 0 Å². The third-order valence-corrected chi connectivity index (χ3v) is 3.73.